The van der Waals surface area contributed by atoms with Gasteiger partial charge in [-0.1, -0.05) is 15.9 Å². The van der Waals surface area contributed by atoms with Crippen molar-refractivity contribution in [2.24, 2.45) is 5.73 Å². The SMILES string of the molecule is NC1CC2(CCCC2)Oc2ccc(Br)cc21. The normalized spacial score (nSPS) is 26.5. The number of hydrogen-bond acceptors (Lipinski definition) is 2. The van der Waals surface area contributed by atoms with Gasteiger partial charge in [-0.25, -0.2) is 0 Å². The van der Waals surface area contributed by atoms with E-state index in [9.17, 15) is 0 Å². The average Bonchev–Trinajstić information content (AvgIpc) is 2.68. The number of benzene rings is 1. The molecule has 1 heterocycles. The van der Waals surface area contributed by atoms with E-state index in [1.807, 2.05) is 12.1 Å². The topological polar surface area (TPSA) is 35.2 Å². The van der Waals surface area contributed by atoms with Crippen LogP contribution in [0.4, 0.5) is 0 Å². The van der Waals surface area contributed by atoms with Crippen molar-refractivity contribution in [1.82, 2.24) is 0 Å². The number of fused-ring (bicyclic) bond motifs is 1. The van der Waals surface area contributed by atoms with E-state index in [0.29, 0.717) is 0 Å². The summed E-state index contributed by atoms with van der Waals surface area (Å²) < 4.78 is 7.28. The van der Waals surface area contributed by atoms with E-state index in [2.05, 4.69) is 22.0 Å². The molecule has 0 saturated heterocycles. The molecule has 0 radical (unpaired) electrons. The van der Waals surface area contributed by atoms with Gasteiger partial charge in [0.2, 0.25) is 0 Å². The third kappa shape index (κ3) is 1.66. The molecule has 1 saturated carbocycles. The first kappa shape index (κ1) is 10.6. The second kappa shape index (κ2) is 3.74. The van der Waals surface area contributed by atoms with Gasteiger partial charge in [0.25, 0.3) is 0 Å². The van der Waals surface area contributed by atoms with Crippen molar-refractivity contribution >= 4 is 15.9 Å². The van der Waals surface area contributed by atoms with Crippen LogP contribution in [0.1, 0.15) is 43.7 Å². The summed E-state index contributed by atoms with van der Waals surface area (Å²) >= 11 is 3.48. The van der Waals surface area contributed by atoms with Gasteiger partial charge in [0.1, 0.15) is 11.4 Å². The number of rotatable bonds is 0. The molecule has 0 aromatic heterocycles. The number of ether oxygens (including phenoxy) is 1. The second-order valence-electron chi connectivity index (χ2n) is 4.98. The zero-order valence-electron chi connectivity index (χ0n) is 9.21. The van der Waals surface area contributed by atoms with Crippen LogP contribution in [-0.2, 0) is 0 Å². The fourth-order valence-corrected chi connectivity index (χ4v) is 3.39. The molecular formula is C13H16BrNO. The fourth-order valence-electron chi connectivity index (χ4n) is 3.01. The zero-order chi connectivity index (χ0) is 11.2. The highest BCUT2D eigenvalue weighted by molar-refractivity contribution is 9.10. The molecule has 1 unspecified atom stereocenters. The maximum absolute atomic E-state index is 6.27. The van der Waals surface area contributed by atoms with Gasteiger partial charge in [-0.15, -0.1) is 0 Å². The Labute approximate surface area is 104 Å². The first-order chi connectivity index (χ1) is 7.69. The molecule has 1 fully saturated rings. The van der Waals surface area contributed by atoms with Crippen LogP contribution in [0.15, 0.2) is 22.7 Å². The van der Waals surface area contributed by atoms with Crippen LogP contribution in [0.5, 0.6) is 5.75 Å². The van der Waals surface area contributed by atoms with E-state index in [1.165, 1.54) is 12.8 Å². The molecule has 3 heteroatoms. The summed E-state index contributed by atoms with van der Waals surface area (Å²) in [6, 6.07) is 6.28. The third-order valence-corrected chi connectivity index (χ3v) is 4.30. The maximum Gasteiger partial charge on any atom is 0.124 e. The Morgan fingerprint density at radius 1 is 1.31 bits per heavy atom. The molecule has 1 spiro atoms. The highest BCUT2D eigenvalue weighted by Crippen LogP contribution is 2.46. The Hall–Kier alpha value is -0.540. The van der Waals surface area contributed by atoms with Crippen LogP contribution in [0, 0.1) is 0 Å². The van der Waals surface area contributed by atoms with E-state index in [0.717, 1.165) is 35.0 Å². The first-order valence-corrected chi connectivity index (χ1v) is 6.72. The van der Waals surface area contributed by atoms with Gasteiger partial charge in [-0.3, -0.25) is 0 Å². The molecule has 1 aliphatic carbocycles. The van der Waals surface area contributed by atoms with Gasteiger partial charge in [-0.2, -0.15) is 0 Å². The van der Waals surface area contributed by atoms with Crippen molar-refractivity contribution in [3.8, 4) is 5.75 Å². The van der Waals surface area contributed by atoms with Crippen LogP contribution < -0.4 is 10.5 Å². The fraction of sp³-hybridized carbons (Fsp3) is 0.538. The maximum atomic E-state index is 6.27. The van der Waals surface area contributed by atoms with Crippen molar-refractivity contribution in [2.75, 3.05) is 0 Å². The van der Waals surface area contributed by atoms with Gasteiger partial charge in [0.05, 0.1) is 0 Å². The van der Waals surface area contributed by atoms with Gasteiger partial charge >= 0.3 is 0 Å². The molecular weight excluding hydrogens is 266 g/mol. The highest BCUT2D eigenvalue weighted by atomic mass is 79.9. The summed E-state index contributed by atoms with van der Waals surface area (Å²) in [5, 5.41) is 0. The van der Waals surface area contributed by atoms with E-state index in [4.69, 9.17) is 10.5 Å². The second-order valence-corrected chi connectivity index (χ2v) is 5.90. The number of hydrogen-bond donors (Lipinski definition) is 1. The summed E-state index contributed by atoms with van der Waals surface area (Å²) in [7, 11) is 0. The van der Waals surface area contributed by atoms with Crippen molar-refractivity contribution in [2.45, 2.75) is 43.7 Å². The average molecular weight is 282 g/mol. The molecule has 2 nitrogen and oxygen atoms in total. The van der Waals surface area contributed by atoms with E-state index < -0.39 is 0 Å². The predicted molar refractivity (Wildman–Crippen MR) is 67.5 cm³/mol. The van der Waals surface area contributed by atoms with Crippen molar-refractivity contribution < 1.29 is 4.74 Å². The zero-order valence-corrected chi connectivity index (χ0v) is 10.8. The molecule has 0 amide bonds. The van der Waals surface area contributed by atoms with Crippen LogP contribution in [0.2, 0.25) is 0 Å². The van der Waals surface area contributed by atoms with Crippen molar-refractivity contribution in [3.05, 3.63) is 28.2 Å². The lowest BCUT2D eigenvalue weighted by atomic mass is 9.86. The van der Waals surface area contributed by atoms with Gasteiger partial charge in [-0.05, 0) is 43.9 Å². The van der Waals surface area contributed by atoms with Crippen molar-refractivity contribution in [1.29, 1.82) is 0 Å². The summed E-state index contributed by atoms with van der Waals surface area (Å²) in [6.45, 7) is 0. The minimum absolute atomic E-state index is 0.0419. The first-order valence-electron chi connectivity index (χ1n) is 5.93. The van der Waals surface area contributed by atoms with Crippen LogP contribution in [0.3, 0.4) is 0 Å². The minimum atomic E-state index is 0.0419. The molecule has 3 rings (SSSR count). The van der Waals surface area contributed by atoms with Gasteiger partial charge in [0, 0.05) is 22.5 Å². The van der Waals surface area contributed by atoms with E-state index in [-0.39, 0.29) is 11.6 Å². The van der Waals surface area contributed by atoms with E-state index in [1.54, 1.807) is 0 Å². The highest BCUT2D eigenvalue weighted by Gasteiger charge is 2.41. The summed E-state index contributed by atoms with van der Waals surface area (Å²) in [5.41, 5.74) is 7.46. The smallest absolute Gasteiger partial charge is 0.124 e. The molecule has 2 aliphatic rings. The Balaban J connectivity index is 1.99. The Bertz CT molecular complexity index is 412. The molecule has 1 aliphatic heterocycles. The van der Waals surface area contributed by atoms with Crippen molar-refractivity contribution in [3.63, 3.8) is 0 Å². The third-order valence-electron chi connectivity index (χ3n) is 3.80. The summed E-state index contributed by atoms with van der Waals surface area (Å²) in [6.07, 6.45) is 5.85. The van der Waals surface area contributed by atoms with Crippen LogP contribution in [-0.4, -0.2) is 5.60 Å². The molecule has 2 N–H and O–H groups in total. The van der Waals surface area contributed by atoms with Gasteiger partial charge < -0.3 is 10.5 Å². The Kier molecular flexibility index (Phi) is 2.48. The summed E-state index contributed by atoms with van der Waals surface area (Å²) in [5.74, 6) is 0.990. The lowest BCUT2D eigenvalue weighted by Crippen LogP contribution is -2.40. The molecule has 0 bridgehead atoms. The largest absolute Gasteiger partial charge is 0.487 e. The summed E-state index contributed by atoms with van der Waals surface area (Å²) in [4.78, 5) is 0. The molecule has 16 heavy (non-hydrogen) atoms. The standard InChI is InChI=1S/C13H16BrNO/c14-9-3-4-12-10(7-9)11(15)8-13(16-12)5-1-2-6-13/h3-4,7,11H,1-2,5-6,8,15H2. The molecule has 1 aromatic carbocycles. The van der Waals surface area contributed by atoms with Crippen LogP contribution >= 0.6 is 15.9 Å². The van der Waals surface area contributed by atoms with Crippen LogP contribution in [0.25, 0.3) is 0 Å². The van der Waals surface area contributed by atoms with Gasteiger partial charge in [0.15, 0.2) is 0 Å². The molecule has 86 valence electrons. The minimum Gasteiger partial charge on any atom is -0.487 e. The monoisotopic (exact) mass is 281 g/mol. The molecule has 1 aromatic rings. The number of halogens is 1. The quantitative estimate of drug-likeness (QED) is 0.790. The predicted octanol–water partition coefficient (Wildman–Crippen LogP) is 3.54. The lowest BCUT2D eigenvalue weighted by molar-refractivity contribution is 0.0426. The van der Waals surface area contributed by atoms with E-state index >= 15 is 0 Å². The lowest BCUT2D eigenvalue weighted by Gasteiger charge is -2.38. The Morgan fingerprint density at radius 3 is 2.81 bits per heavy atom. The number of nitrogens with two attached hydrogens (primary N) is 1. The Morgan fingerprint density at radius 2 is 2.06 bits per heavy atom. The molecule has 1 atom stereocenters.